The Morgan fingerprint density at radius 3 is 2.23 bits per heavy atom. The number of nitrogens with zero attached hydrogens (tertiary/aromatic N) is 2. The summed E-state index contributed by atoms with van der Waals surface area (Å²) in [6.07, 6.45) is 1.64. The second kappa shape index (κ2) is 9.54. The van der Waals surface area contributed by atoms with E-state index in [1.807, 2.05) is 18.2 Å². The van der Waals surface area contributed by atoms with Crippen LogP contribution in [0.5, 0.6) is 0 Å². The van der Waals surface area contributed by atoms with Gasteiger partial charge in [0.25, 0.3) is 10.0 Å². The fourth-order valence-electron chi connectivity index (χ4n) is 2.94. The number of amides is 1. The van der Waals surface area contributed by atoms with Gasteiger partial charge >= 0.3 is 0 Å². The minimum Gasteiger partial charge on any atom is -0.349 e. The minimum atomic E-state index is -3.91. The van der Waals surface area contributed by atoms with E-state index in [4.69, 9.17) is 0 Å². The summed E-state index contributed by atoms with van der Waals surface area (Å²) in [6, 6.07) is 20.8. The van der Waals surface area contributed by atoms with Crippen LogP contribution in [-0.2, 0) is 21.4 Å². The van der Waals surface area contributed by atoms with Gasteiger partial charge in [-0.05, 0) is 47.9 Å². The Labute approximate surface area is 177 Å². The van der Waals surface area contributed by atoms with Gasteiger partial charge in [-0.2, -0.15) is 0 Å². The molecule has 0 bridgehead atoms. The van der Waals surface area contributed by atoms with E-state index in [2.05, 4.69) is 24.1 Å². The first-order valence-corrected chi connectivity index (χ1v) is 11.2. The molecule has 0 spiro atoms. The summed E-state index contributed by atoms with van der Waals surface area (Å²) < 4.78 is 27.7. The van der Waals surface area contributed by atoms with Gasteiger partial charge in [-0.1, -0.05) is 50.2 Å². The molecule has 0 fully saturated rings. The number of anilines is 1. The fraction of sp³-hybridized carbons (Fsp3) is 0.217. The van der Waals surface area contributed by atoms with Crippen LogP contribution < -0.4 is 9.62 Å². The van der Waals surface area contributed by atoms with Crippen LogP contribution in [0.2, 0.25) is 0 Å². The lowest BCUT2D eigenvalue weighted by Gasteiger charge is -2.24. The summed E-state index contributed by atoms with van der Waals surface area (Å²) in [5.74, 6) is -0.0898. The van der Waals surface area contributed by atoms with Gasteiger partial charge in [0.2, 0.25) is 5.91 Å². The molecule has 0 saturated heterocycles. The number of benzene rings is 2. The molecule has 2 aromatic carbocycles. The number of carbonyl (C=O) groups excluding carboxylic acids is 1. The number of carbonyl (C=O) groups is 1. The first-order valence-electron chi connectivity index (χ1n) is 9.72. The van der Waals surface area contributed by atoms with Crippen molar-refractivity contribution in [1.82, 2.24) is 10.3 Å². The molecule has 0 aliphatic carbocycles. The SMILES string of the molecule is CC(C)c1ccc(N(CC(=O)NCc2ccccn2)S(=O)(=O)c2ccccc2)cc1. The lowest BCUT2D eigenvalue weighted by atomic mass is 10.0. The monoisotopic (exact) mass is 423 g/mol. The summed E-state index contributed by atoms with van der Waals surface area (Å²) in [5, 5.41) is 2.74. The third-order valence-corrected chi connectivity index (χ3v) is 6.45. The quantitative estimate of drug-likeness (QED) is 0.599. The van der Waals surface area contributed by atoms with Crippen molar-refractivity contribution in [3.05, 3.63) is 90.3 Å². The number of pyridine rings is 1. The Morgan fingerprint density at radius 1 is 0.967 bits per heavy atom. The standard InChI is InChI=1S/C23H25N3O3S/c1-18(2)19-11-13-21(14-12-19)26(30(28,29)22-9-4-3-5-10-22)17-23(27)25-16-20-8-6-7-15-24-20/h3-15,18H,16-17H2,1-2H3,(H,25,27). The van der Waals surface area contributed by atoms with E-state index in [0.29, 0.717) is 17.3 Å². The zero-order valence-corrected chi connectivity index (χ0v) is 17.8. The smallest absolute Gasteiger partial charge is 0.264 e. The fourth-order valence-corrected chi connectivity index (χ4v) is 4.38. The molecule has 3 rings (SSSR count). The predicted molar refractivity (Wildman–Crippen MR) is 118 cm³/mol. The molecule has 1 amide bonds. The summed E-state index contributed by atoms with van der Waals surface area (Å²) in [6.45, 7) is 4.04. The first kappa shape index (κ1) is 21.5. The van der Waals surface area contributed by atoms with Crippen LogP contribution in [0.3, 0.4) is 0 Å². The Bertz CT molecular complexity index is 1070. The Hall–Kier alpha value is -3.19. The van der Waals surface area contributed by atoms with Gasteiger partial charge in [0, 0.05) is 6.20 Å². The molecule has 0 aliphatic heterocycles. The van der Waals surface area contributed by atoms with Gasteiger partial charge in [0.05, 0.1) is 22.8 Å². The molecule has 3 aromatic rings. The number of nitrogens with one attached hydrogen (secondary N) is 1. The van der Waals surface area contributed by atoms with Crippen molar-refractivity contribution in [3.63, 3.8) is 0 Å². The van der Waals surface area contributed by atoms with Crippen LogP contribution in [-0.4, -0.2) is 25.9 Å². The lowest BCUT2D eigenvalue weighted by molar-refractivity contribution is -0.119. The van der Waals surface area contributed by atoms with Gasteiger partial charge in [-0.25, -0.2) is 8.42 Å². The second-order valence-corrected chi connectivity index (χ2v) is 9.03. The molecule has 1 heterocycles. The van der Waals surface area contributed by atoms with Gasteiger partial charge in [-0.15, -0.1) is 0 Å². The normalized spacial score (nSPS) is 11.3. The van der Waals surface area contributed by atoms with Crippen LogP contribution in [0.1, 0.15) is 31.0 Å². The maximum atomic E-state index is 13.3. The van der Waals surface area contributed by atoms with E-state index in [1.54, 1.807) is 48.7 Å². The highest BCUT2D eigenvalue weighted by Crippen LogP contribution is 2.25. The molecule has 7 heteroatoms. The van der Waals surface area contributed by atoms with Crippen molar-refractivity contribution in [2.24, 2.45) is 0 Å². The molecule has 1 N–H and O–H groups in total. The number of sulfonamides is 1. The van der Waals surface area contributed by atoms with Crippen molar-refractivity contribution < 1.29 is 13.2 Å². The van der Waals surface area contributed by atoms with Crippen LogP contribution in [0.4, 0.5) is 5.69 Å². The molecule has 0 radical (unpaired) electrons. The highest BCUT2D eigenvalue weighted by Gasteiger charge is 2.27. The molecule has 1 aromatic heterocycles. The molecule has 156 valence electrons. The average Bonchev–Trinajstić information content (AvgIpc) is 2.77. The van der Waals surface area contributed by atoms with Crippen molar-refractivity contribution >= 4 is 21.6 Å². The molecule has 0 aliphatic rings. The maximum absolute atomic E-state index is 13.3. The number of hydrogen-bond donors (Lipinski definition) is 1. The largest absolute Gasteiger partial charge is 0.349 e. The van der Waals surface area contributed by atoms with Gasteiger partial charge in [0.15, 0.2) is 0 Å². The Balaban J connectivity index is 1.86. The highest BCUT2D eigenvalue weighted by atomic mass is 32.2. The van der Waals surface area contributed by atoms with Crippen molar-refractivity contribution in [2.45, 2.75) is 31.2 Å². The van der Waals surface area contributed by atoms with Crippen LogP contribution >= 0.6 is 0 Å². The summed E-state index contributed by atoms with van der Waals surface area (Å²) in [7, 11) is -3.91. The van der Waals surface area contributed by atoms with Crippen molar-refractivity contribution in [2.75, 3.05) is 10.8 Å². The van der Waals surface area contributed by atoms with Crippen LogP contribution in [0.15, 0.2) is 83.9 Å². The number of hydrogen-bond acceptors (Lipinski definition) is 4. The first-order chi connectivity index (χ1) is 14.4. The minimum absolute atomic E-state index is 0.135. The molecule has 30 heavy (non-hydrogen) atoms. The molecule has 0 unspecified atom stereocenters. The molecule has 6 nitrogen and oxygen atoms in total. The van der Waals surface area contributed by atoms with E-state index in [9.17, 15) is 13.2 Å². The Kier molecular flexibility index (Phi) is 6.84. The van der Waals surface area contributed by atoms with Gasteiger partial charge in [-0.3, -0.25) is 14.1 Å². The molecular formula is C23H25N3O3S. The van der Waals surface area contributed by atoms with Crippen LogP contribution in [0.25, 0.3) is 0 Å². The zero-order valence-electron chi connectivity index (χ0n) is 17.0. The van der Waals surface area contributed by atoms with E-state index in [-0.39, 0.29) is 18.0 Å². The third kappa shape index (κ3) is 5.24. The van der Waals surface area contributed by atoms with Crippen LogP contribution in [0, 0.1) is 0 Å². The maximum Gasteiger partial charge on any atom is 0.264 e. The average molecular weight is 424 g/mol. The van der Waals surface area contributed by atoms with Gasteiger partial charge in [0.1, 0.15) is 6.54 Å². The van der Waals surface area contributed by atoms with Crippen molar-refractivity contribution in [1.29, 1.82) is 0 Å². The summed E-state index contributed by atoms with van der Waals surface area (Å²) >= 11 is 0. The summed E-state index contributed by atoms with van der Waals surface area (Å²) in [5.41, 5.74) is 2.23. The highest BCUT2D eigenvalue weighted by molar-refractivity contribution is 7.92. The van der Waals surface area contributed by atoms with E-state index in [1.165, 1.54) is 12.1 Å². The van der Waals surface area contributed by atoms with E-state index >= 15 is 0 Å². The van der Waals surface area contributed by atoms with Crippen molar-refractivity contribution in [3.8, 4) is 0 Å². The topological polar surface area (TPSA) is 79.4 Å². The lowest BCUT2D eigenvalue weighted by Crippen LogP contribution is -2.40. The second-order valence-electron chi connectivity index (χ2n) is 7.17. The third-order valence-electron chi connectivity index (χ3n) is 4.66. The number of rotatable bonds is 8. The number of aromatic nitrogens is 1. The Morgan fingerprint density at radius 2 is 1.63 bits per heavy atom. The predicted octanol–water partition coefficient (Wildman–Crippen LogP) is 3.72. The zero-order chi connectivity index (χ0) is 21.6. The van der Waals surface area contributed by atoms with E-state index < -0.39 is 15.9 Å². The van der Waals surface area contributed by atoms with E-state index in [0.717, 1.165) is 9.87 Å². The molecule has 0 saturated carbocycles. The van der Waals surface area contributed by atoms with Gasteiger partial charge < -0.3 is 5.32 Å². The summed E-state index contributed by atoms with van der Waals surface area (Å²) in [4.78, 5) is 16.9. The molecular weight excluding hydrogens is 398 g/mol. The molecule has 0 atom stereocenters.